The lowest BCUT2D eigenvalue weighted by molar-refractivity contribution is 1.25. The van der Waals surface area contributed by atoms with E-state index in [-0.39, 0.29) is 0 Å². The molecule has 19 heavy (non-hydrogen) atoms. The molecule has 3 rings (SSSR count). The topological polar surface area (TPSA) is 12.9 Å². The Morgan fingerprint density at radius 2 is 1.84 bits per heavy atom. The second kappa shape index (κ2) is 4.98. The summed E-state index contributed by atoms with van der Waals surface area (Å²) in [6.45, 7) is 4.16. The molecule has 0 aliphatic heterocycles. The van der Waals surface area contributed by atoms with E-state index in [4.69, 9.17) is 0 Å². The highest BCUT2D eigenvalue weighted by Crippen LogP contribution is 2.22. The number of aromatic nitrogens is 1. The van der Waals surface area contributed by atoms with Crippen molar-refractivity contribution in [3.63, 3.8) is 0 Å². The molecular weight excluding hydrogens is 250 g/mol. The van der Waals surface area contributed by atoms with Gasteiger partial charge in [-0.25, -0.2) is 0 Å². The van der Waals surface area contributed by atoms with Crippen LogP contribution in [0.15, 0.2) is 42.5 Å². The largest absolute Gasteiger partial charge is 0.253 e. The van der Waals surface area contributed by atoms with E-state index in [9.17, 15) is 0 Å². The van der Waals surface area contributed by atoms with Gasteiger partial charge >= 0.3 is 0 Å². The molecule has 0 N–H and O–H groups in total. The van der Waals surface area contributed by atoms with Crippen LogP contribution in [0.4, 0.5) is 0 Å². The Balaban J connectivity index is 2.05. The van der Waals surface area contributed by atoms with Crippen LogP contribution in [0.25, 0.3) is 23.1 Å². The summed E-state index contributed by atoms with van der Waals surface area (Å²) in [4.78, 5) is 7.26. The Morgan fingerprint density at radius 1 is 0.947 bits per heavy atom. The van der Waals surface area contributed by atoms with Gasteiger partial charge in [-0.1, -0.05) is 30.3 Å². The summed E-state index contributed by atoms with van der Waals surface area (Å²) in [5.74, 6) is 0. The number of fused-ring (bicyclic) bond motifs is 1. The summed E-state index contributed by atoms with van der Waals surface area (Å²) >= 11 is 1.81. The summed E-state index contributed by atoms with van der Waals surface area (Å²) in [6, 6.07) is 14.8. The van der Waals surface area contributed by atoms with Gasteiger partial charge in [0.05, 0.1) is 5.52 Å². The maximum atomic E-state index is 4.65. The third-order valence-electron chi connectivity index (χ3n) is 3.08. The third kappa shape index (κ3) is 2.59. The highest BCUT2D eigenvalue weighted by Gasteiger charge is 2.00. The first-order chi connectivity index (χ1) is 9.22. The highest BCUT2D eigenvalue weighted by atomic mass is 32.1. The number of rotatable bonds is 2. The van der Waals surface area contributed by atoms with Crippen molar-refractivity contribution in [2.75, 3.05) is 0 Å². The van der Waals surface area contributed by atoms with Gasteiger partial charge in [-0.3, -0.25) is 4.98 Å². The van der Waals surface area contributed by atoms with Crippen LogP contribution in [0.3, 0.4) is 0 Å². The first-order valence-corrected chi connectivity index (χ1v) is 7.15. The Hall–Kier alpha value is -1.93. The van der Waals surface area contributed by atoms with Gasteiger partial charge in [-0.15, -0.1) is 11.3 Å². The standard InChI is InChI=1S/C17H15NS/c1-12-6-8-14-4-3-5-15(17(14)18-12)9-11-16-10-7-13(2)19-16/h3-11H,1-2H3/b11-9+. The number of hydrogen-bond donors (Lipinski definition) is 0. The van der Waals surface area contributed by atoms with E-state index in [2.05, 4.69) is 66.5 Å². The predicted molar refractivity (Wildman–Crippen MR) is 84.5 cm³/mol. The van der Waals surface area contributed by atoms with Crippen molar-refractivity contribution in [1.29, 1.82) is 0 Å². The summed E-state index contributed by atoms with van der Waals surface area (Å²) in [5, 5.41) is 1.19. The average Bonchev–Trinajstić information content (AvgIpc) is 2.82. The Labute approximate surface area is 117 Å². The van der Waals surface area contributed by atoms with Crippen LogP contribution >= 0.6 is 11.3 Å². The second-order valence-electron chi connectivity index (χ2n) is 4.65. The SMILES string of the molecule is Cc1ccc2cccc(/C=C/c3ccc(C)s3)c2n1. The molecule has 0 amide bonds. The monoisotopic (exact) mass is 265 g/mol. The first kappa shape index (κ1) is 12.1. The van der Waals surface area contributed by atoms with Gasteiger partial charge in [0.15, 0.2) is 0 Å². The van der Waals surface area contributed by atoms with Crippen molar-refractivity contribution >= 4 is 34.4 Å². The minimum atomic E-state index is 1.06. The van der Waals surface area contributed by atoms with Crippen LogP contribution in [0.5, 0.6) is 0 Å². The van der Waals surface area contributed by atoms with E-state index in [1.807, 2.05) is 18.3 Å². The lowest BCUT2D eigenvalue weighted by atomic mass is 10.1. The number of thiophene rings is 1. The second-order valence-corrected chi connectivity index (χ2v) is 5.97. The summed E-state index contributed by atoms with van der Waals surface area (Å²) in [6.07, 6.45) is 4.32. The number of pyridine rings is 1. The minimum Gasteiger partial charge on any atom is -0.253 e. The summed E-state index contributed by atoms with van der Waals surface area (Å²) in [7, 11) is 0. The number of aryl methyl sites for hydroxylation is 2. The van der Waals surface area contributed by atoms with E-state index in [1.54, 1.807) is 0 Å². The van der Waals surface area contributed by atoms with E-state index < -0.39 is 0 Å². The van der Waals surface area contributed by atoms with Gasteiger partial charge < -0.3 is 0 Å². The number of para-hydroxylation sites is 1. The smallest absolute Gasteiger partial charge is 0.0777 e. The molecule has 1 aromatic carbocycles. The molecule has 0 radical (unpaired) electrons. The van der Waals surface area contributed by atoms with Crippen molar-refractivity contribution in [1.82, 2.24) is 4.98 Å². The molecule has 1 nitrogen and oxygen atoms in total. The predicted octanol–water partition coefficient (Wildman–Crippen LogP) is 5.08. The first-order valence-electron chi connectivity index (χ1n) is 6.33. The van der Waals surface area contributed by atoms with Crippen LogP contribution in [0, 0.1) is 13.8 Å². The van der Waals surface area contributed by atoms with Gasteiger partial charge in [0.1, 0.15) is 0 Å². The zero-order valence-corrected chi connectivity index (χ0v) is 11.9. The van der Waals surface area contributed by atoms with Gasteiger partial charge in [0.25, 0.3) is 0 Å². The van der Waals surface area contributed by atoms with Crippen LogP contribution in [0.1, 0.15) is 21.0 Å². The van der Waals surface area contributed by atoms with E-state index in [1.165, 1.54) is 20.7 Å². The van der Waals surface area contributed by atoms with Gasteiger partial charge in [0, 0.05) is 26.4 Å². The number of benzene rings is 1. The van der Waals surface area contributed by atoms with Crippen molar-refractivity contribution in [2.45, 2.75) is 13.8 Å². The van der Waals surface area contributed by atoms with Gasteiger partial charge in [-0.05, 0) is 38.1 Å². The molecule has 3 aromatic rings. The molecule has 0 spiro atoms. The number of hydrogen-bond acceptors (Lipinski definition) is 2. The van der Waals surface area contributed by atoms with Crippen molar-refractivity contribution in [3.8, 4) is 0 Å². The molecule has 2 heteroatoms. The fourth-order valence-electron chi connectivity index (χ4n) is 2.12. The molecule has 0 saturated carbocycles. The van der Waals surface area contributed by atoms with E-state index >= 15 is 0 Å². The molecule has 0 fully saturated rings. The zero-order valence-electron chi connectivity index (χ0n) is 11.1. The van der Waals surface area contributed by atoms with Crippen LogP contribution in [-0.4, -0.2) is 4.98 Å². The Morgan fingerprint density at radius 3 is 2.63 bits per heavy atom. The van der Waals surface area contributed by atoms with Crippen LogP contribution in [-0.2, 0) is 0 Å². The average molecular weight is 265 g/mol. The summed E-state index contributed by atoms with van der Waals surface area (Å²) < 4.78 is 0. The van der Waals surface area contributed by atoms with Crippen molar-refractivity contribution in [2.24, 2.45) is 0 Å². The Kier molecular flexibility index (Phi) is 3.18. The lowest BCUT2D eigenvalue weighted by Gasteiger charge is -2.02. The molecule has 0 bridgehead atoms. The fourth-order valence-corrected chi connectivity index (χ4v) is 2.90. The van der Waals surface area contributed by atoms with Crippen molar-refractivity contribution < 1.29 is 0 Å². The van der Waals surface area contributed by atoms with Gasteiger partial charge in [0.2, 0.25) is 0 Å². The third-order valence-corrected chi connectivity index (χ3v) is 4.04. The molecule has 0 unspecified atom stereocenters. The molecular formula is C17H15NS. The van der Waals surface area contributed by atoms with Crippen LogP contribution < -0.4 is 0 Å². The molecule has 0 aliphatic carbocycles. The Bertz CT molecular complexity index is 753. The molecule has 0 aliphatic rings. The molecule has 2 aromatic heterocycles. The van der Waals surface area contributed by atoms with E-state index in [0.717, 1.165) is 11.2 Å². The van der Waals surface area contributed by atoms with E-state index in [0.29, 0.717) is 0 Å². The fraction of sp³-hybridized carbons (Fsp3) is 0.118. The molecule has 94 valence electrons. The zero-order chi connectivity index (χ0) is 13.2. The lowest BCUT2D eigenvalue weighted by Crippen LogP contribution is -1.85. The minimum absolute atomic E-state index is 1.06. The molecule has 0 saturated heterocycles. The number of nitrogens with zero attached hydrogens (tertiary/aromatic N) is 1. The molecule has 0 atom stereocenters. The van der Waals surface area contributed by atoms with Gasteiger partial charge in [-0.2, -0.15) is 0 Å². The molecule has 2 heterocycles. The van der Waals surface area contributed by atoms with Crippen molar-refractivity contribution in [3.05, 3.63) is 63.5 Å². The summed E-state index contributed by atoms with van der Waals surface area (Å²) in [5.41, 5.74) is 3.31. The highest BCUT2D eigenvalue weighted by molar-refractivity contribution is 7.12. The maximum absolute atomic E-state index is 4.65. The normalized spacial score (nSPS) is 11.5. The maximum Gasteiger partial charge on any atom is 0.0777 e. The quantitative estimate of drug-likeness (QED) is 0.629. The van der Waals surface area contributed by atoms with Crippen LogP contribution in [0.2, 0.25) is 0 Å².